The molecular formula is C16H24N2O. The molecule has 0 saturated heterocycles. The van der Waals surface area contributed by atoms with Gasteiger partial charge in [-0.15, -0.1) is 0 Å². The molecule has 1 aromatic carbocycles. The van der Waals surface area contributed by atoms with Crippen LogP contribution in [0.5, 0.6) is 0 Å². The maximum absolute atomic E-state index is 11.7. The van der Waals surface area contributed by atoms with Gasteiger partial charge in [-0.3, -0.25) is 4.79 Å². The smallest absolute Gasteiger partial charge is 0.239 e. The Labute approximate surface area is 115 Å². The van der Waals surface area contributed by atoms with Gasteiger partial charge in [0.05, 0.1) is 6.54 Å². The molecule has 2 N–H and O–H groups in total. The van der Waals surface area contributed by atoms with Crippen molar-refractivity contribution in [1.29, 1.82) is 0 Å². The topological polar surface area (TPSA) is 41.1 Å². The van der Waals surface area contributed by atoms with Gasteiger partial charge in [-0.25, -0.2) is 0 Å². The van der Waals surface area contributed by atoms with Gasteiger partial charge >= 0.3 is 0 Å². The summed E-state index contributed by atoms with van der Waals surface area (Å²) >= 11 is 0. The number of hydrogen-bond donors (Lipinski definition) is 2. The Morgan fingerprint density at radius 3 is 2.84 bits per heavy atom. The molecule has 1 aliphatic rings. The number of carbonyl (C=O) groups excluding carboxylic acids is 1. The fourth-order valence-corrected chi connectivity index (χ4v) is 2.43. The lowest BCUT2D eigenvalue weighted by molar-refractivity contribution is -0.119. The number of carbonyl (C=O) groups is 1. The molecule has 104 valence electrons. The van der Waals surface area contributed by atoms with Gasteiger partial charge in [0.25, 0.3) is 0 Å². The molecule has 0 aliphatic heterocycles. The molecule has 19 heavy (non-hydrogen) atoms. The molecular weight excluding hydrogens is 236 g/mol. The summed E-state index contributed by atoms with van der Waals surface area (Å²) in [4.78, 5) is 11.7. The van der Waals surface area contributed by atoms with Crippen LogP contribution in [-0.2, 0) is 17.6 Å². The quantitative estimate of drug-likeness (QED) is 0.825. The van der Waals surface area contributed by atoms with Gasteiger partial charge in [0.15, 0.2) is 0 Å². The number of aryl methyl sites for hydroxylation is 2. The van der Waals surface area contributed by atoms with Crippen molar-refractivity contribution < 1.29 is 4.79 Å². The number of rotatable bonds is 6. The maximum atomic E-state index is 11.7. The van der Waals surface area contributed by atoms with Crippen LogP contribution >= 0.6 is 0 Å². The second-order valence-electron chi connectivity index (χ2n) is 5.72. The Balaban J connectivity index is 1.74. The van der Waals surface area contributed by atoms with Crippen molar-refractivity contribution in [1.82, 2.24) is 5.32 Å². The molecule has 1 aromatic rings. The van der Waals surface area contributed by atoms with Crippen LogP contribution in [-0.4, -0.2) is 19.0 Å². The van der Waals surface area contributed by atoms with Crippen LogP contribution in [0.3, 0.4) is 0 Å². The van der Waals surface area contributed by atoms with Crippen LogP contribution < -0.4 is 10.6 Å². The maximum Gasteiger partial charge on any atom is 0.239 e. The predicted octanol–water partition coefficient (Wildman–Crippen LogP) is 2.75. The molecule has 2 rings (SSSR count). The summed E-state index contributed by atoms with van der Waals surface area (Å²) in [6.45, 7) is 5.45. The van der Waals surface area contributed by atoms with Gasteiger partial charge < -0.3 is 10.6 Å². The van der Waals surface area contributed by atoms with E-state index in [4.69, 9.17) is 0 Å². The zero-order valence-corrected chi connectivity index (χ0v) is 12.0. The number of fused-ring (bicyclic) bond motifs is 1. The third kappa shape index (κ3) is 4.27. The molecule has 0 bridgehead atoms. The van der Waals surface area contributed by atoms with Gasteiger partial charge in [0.1, 0.15) is 0 Å². The van der Waals surface area contributed by atoms with E-state index in [1.807, 2.05) is 0 Å². The van der Waals surface area contributed by atoms with Gasteiger partial charge in [-0.05, 0) is 54.9 Å². The van der Waals surface area contributed by atoms with Crippen molar-refractivity contribution in [2.45, 2.75) is 39.5 Å². The molecule has 0 fully saturated rings. The third-order valence-corrected chi connectivity index (χ3v) is 3.60. The summed E-state index contributed by atoms with van der Waals surface area (Å²) in [6, 6.07) is 6.44. The number of anilines is 1. The van der Waals surface area contributed by atoms with Crippen LogP contribution in [0.15, 0.2) is 18.2 Å². The first kappa shape index (κ1) is 13.9. The number of amides is 1. The zero-order valence-electron chi connectivity index (χ0n) is 12.0. The number of nitrogens with one attached hydrogen (secondary N) is 2. The van der Waals surface area contributed by atoms with Gasteiger partial charge in [-0.1, -0.05) is 19.9 Å². The van der Waals surface area contributed by atoms with Gasteiger partial charge in [-0.2, -0.15) is 0 Å². The second kappa shape index (κ2) is 6.60. The SMILES string of the molecule is CC(C)CCNC(=O)CNc1ccc2c(c1)CCC2. The first-order chi connectivity index (χ1) is 9.15. The Morgan fingerprint density at radius 2 is 2.05 bits per heavy atom. The predicted molar refractivity (Wildman–Crippen MR) is 79.4 cm³/mol. The highest BCUT2D eigenvalue weighted by Gasteiger charge is 2.10. The summed E-state index contributed by atoms with van der Waals surface area (Å²) in [7, 11) is 0. The highest BCUT2D eigenvalue weighted by atomic mass is 16.1. The van der Waals surface area contributed by atoms with Gasteiger partial charge in [0, 0.05) is 12.2 Å². The van der Waals surface area contributed by atoms with E-state index in [0.29, 0.717) is 12.5 Å². The molecule has 0 aromatic heterocycles. The average Bonchev–Trinajstić information content (AvgIpc) is 2.83. The van der Waals surface area contributed by atoms with Crippen molar-refractivity contribution >= 4 is 11.6 Å². The minimum absolute atomic E-state index is 0.0705. The molecule has 0 heterocycles. The van der Waals surface area contributed by atoms with Crippen molar-refractivity contribution in [3.8, 4) is 0 Å². The molecule has 3 nitrogen and oxygen atoms in total. The van der Waals surface area contributed by atoms with Crippen LogP contribution in [0.4, 0.5) is 5.69 Å². The minimum Gasteiger partial charge on any atom is -0.376 e. The average molecular weight is 260 g/mol. The summed E-state index contributed by atoms with van der Waals surface area (Å²) < 4.78 is 0. The van der Waals surface area contributed by atoms with E-state index >= 15 is 0 Å². The first-order valence-electron chi connectivity index (χ1n) is 7.27. The van der Waals surface area contributed by atoms with Crippen LogP contribution in [0.25, 0.3) is 0 Å². The van der Waals surface area contributed by atoms with E-state index < -0.39 is 0 Å². The lowest BCUT2D eigenvalue weighted by Crippen LogP contribution is -2.31. The van der Waals surface area contributed by atoms with Crippen LogP contribution in [0, 0.1) is 5.92 Å². The van der Waals surface area contributed by atoms with Crippen molar-refractivity contribution in [3.05, 3.63) is 29.3 Å². The van der Waals surface area contributed by atoms with Crippen LogP contribution in [0.1, 0.15) is 37.8 Å². The van der Waals surface area contributed by atoms with Crippen molar-refractivity contribution in [2.75, 3.05) is 18.4 Å². The van der Waals surface area contributed by atoms with E-state index in [0.717, 1.165) is 18.7 Å². The lowest BCUT2D eigenvalue weighted by atomic mass is 10.1. The number of benzene rings is 1. The van der Waals surface area contributed by atoms with Crippen molar-refractivity contribution in [3.63, 3.8) is 0 Å². The molecule has 0 saturated carbocycles. The third-order valence-electron chi connectivity index (χ3n) is 3.60. The Bertz CT molecular complexity index is 440. The fraction of sp³-hybridized carbons (Fsp3) is 0.562. The highest BCUT2D eigenvalue weighted by Crippen LogP contribution is 2.24. The largest absolute Gasteiger partial charge is 0.376 e. The second-order valence-corrected chi connectivity index (χ2v) is 5.72. The Hall–Kier alpha value is -1.51. The van der Waals surface area contributed by atoms with Gasteiger partial charge in [0.2, 0.25) is 5.91 Å². The van der Waals surface area contributed by atoms with Crippen molar-refractivity contribution in [2.24, 2.45) is 5.92 Å². The molecule has 0 atom stereocenters. The summed E-state index contributed by atoms with van der Waals surface area (Å²) in [6.07, 6.45) is 4.66. The molecule has 0 radical (unpaired) electrons. The van der Waals surface area contributed by atoms with E-state index in [1.165, 1.54) is 30.4 Å². The normalized spacial score (nSPS) is 13.4. The Morgan fingerprint density at radius 1 is 1.26 bits per heavy atom. The Kier molecular flexibility index (Phi) is 4.83. The minimum atomic E-state index is 0.0705. The fourth-order valence-electron chi connectivity index (χ4n) is 2.43. The first-order valence-corrected chi connectivity index (χ1v) is 7.27. The summed E-state index contributed by atoms with van der Waals surface area (Å²) in [5.41, 5.74) is 3.96. The van der Waals surface area contributed by atoms with E-state index in [1.54, 1.807) is 0 Å². The standard InChI is InChI=1S/C16H24N2O/c1-12(2)8-9-17-16(19)11-18-15-7-6-13-4-3-5-14(13)10-15/h6-7,10,12,18H,3-5,8-9,11H2,1-2H3,(H,17,19). The molecule has 1 aliphatic carbocycles. The molecule has 0 unspecified atom stereocenters. The molecule has 1 amide bonds. The molecule has 3 heteroatoms. The monoisotopic (exact) mass is 260 g/mol. The van der Waals surface area contributed by atoms with E-state index in [-0.39, 0.29) is 5.91 Å². The lowest BCUT2D eigenvalue weighted by Gasteiger charge is -2.10. The molecule has 0 spiro atoms. The van der Waals surface area contributed by atoms with E-state index in [2.05, 4.69) is 42.7 Å². The van der Waals surface area contributed by atoms with E-state index in [9.17, 15) is 4.79 Å². The van der Waals surface area contributed by atoms with Crippen LogP contribution in [0.2, 0.25) is 0 Å². The zero-order chi connectivity index (χ0) is 13.7. The summed E-state index contributed by atoms with van der Waals surface area (Å²) in [5, 5.41) is 6.14. The summed E-state index contributed by atoms with van der Waals surface area (Å²) in [5.74, 6) is 0.700. The number of hydrogen-bond acceptors (Lipinski definition) is 2. The highest BCUT2D eigenvalue weighted by molar-refractivity contribution is 5.80.